The normalized spacial score (nSPS) is 12.4. The average Bonchev–Trinajstić information content (AvgIpc) is 2.68. The number of pyridine rings is 2. The van der Waals surface area contributed by atoms with Crippen LogP contribution in [0.15, 0.2) is 35.5 Å². The van der Waals surface area contributed by atoms with Crippen molar-refractivity contribution >= 4 is 16.7 Å². The van der Waals surface area contributed by atoms with Crippen LogP contribution in [-0.4, -0.2) is 42.9 Å². The molecule has 154 valence electrons. The van der Waals surface area contributed by atoms with Gasteiger partial charge in [0.1, 0.15) is 16.8 Å². The third-order valence-electron chi connectivity index (χ3n) is 4.75. The lowest BCUT2D eigenvalue weighted by molar-refractivity contribution is 0.0739. The summed E-state index contributed by atoms with van der Waals surface area (Å²) in [6.45, 7) is 7.62. The van der Waals surface area contributed by atoms with Crippen molar-refractivity contribution in [2.45, 2.75) is 33.3 Å². The summed E-state index contributed by atoms with van der Waals surface area (Å²) in [6.07, 6.45) is 3.12. The molecule has 3 aromatic heterocycles. The van der Waals surface area contributed by atoms with E-state index < -0.39 is 5.60 Å². The second kappa shape index (κ2) is 7.53. The first-order chi connectivity index (χ1) is 13.5. The van der Waals surface area contributed by atoms with Gasteiger partial charge in [0.2, 0.25) is 0 Å². The number of rotatable bonds is 6. The molecule has 8 heteroatoms. The largest absolute Gasteiger partial charge is 0.396 e. The summed E-state index contributed by atoms with van der Waals surface area (Å²) in [6, 6.07) is 5.33. The van der Waals surface area contributed by atoms with Crippen LogP contribution >= 0.6 is 0 Å². The van der Waals surface area contributed by atoms with Crippen LogP contribution in [0.3, 0.4) is 0 Å². The monoisotopic (exact) mass is 397 g/mol. The summed E-state index contributed by atoms with van der Waals surface area (Å²) < 4.78 is 1.41. The van der Waals surface area contributed by atoms with Crippen LogP contribution in [0, 0.1) is 5.41 Å². The Labute approximate surface area is 169 Å². The number of fused-ring (bicyclic) bond motifs is 1. The molecule has 0 saturated heterocycles. The Balaban J connectivity index is 2.12. The molecule has 3 N–H and O–H groups in total. The first-order valence-electron chi connectivity index (χ1n) is 9.42. The van der Waals surface area contributed by atoms with E-state index in [9.17, 15) is 15.0 Å². The van der Waals surface area contributed by atoms with Gasteiger partial charge < -0.3 is 20.1 Å². The summed E-state index contributed by atoms with van der Waals surface area (Å²) in [4.78, 5) is 26.1. The van der Waals surface area contributed by atoms with Crippen molar-refractivity contribution in [3.63, 3.8) is 0 Å². The number of aliphatic hydroxyl groups excluding tert-OH is 1. The number of aryl methyl sites for hydroxylation is 1. The number of nitrogens with one attached hydrogen (secondary N) is 1. The van der Waals surface area contributed by atoms with Crippen LogP contribution in [-0.2, 0) is 12.6 Å². The maximum absolute atomic E-state index is 12.7. The van der Waals surface area contributed by atoms with Crippen molar-refractivity contribution in [1.82, 2.24) is 19.5 Å². The van der Waals surface area contributed by atoms with Crippen LogP contribution in [0.4, 0.5) is 5.82 Å². The van der Waals surface area contributed by atoms with Crippen LogP contribution in [0.2, 0.25) is 0 Å². The third-order valence-corrected chi connectivity index (χ3v) is 4.75. The lowest BCUT2D eigenvalue weighted by Crippen LogP contribution is -2.28. The number of aliphatic hydroxyl groups is 2. The highest BCUT2D eigenvalue weighted by molar-refractivity contribution is 5.91. The zero-order valence-electron chi connectivity index (χ0n) is 17.4. The van der Waals surface area contributed by atoms with Crippen LogP contribution in [0.5, 0.6) is 0 Å². The molecule has 0 radical (unpaired) electrons. The van der Waals surface area contributed by atoms with Gasteiger partial charge in [0.15, 0.2) is 0 Å². The molecule has 0 unspecified atom stereocenters. The highest BCUT2D eigenvalue weighted by Crippen LogP contribution is 2.27. The molecule has 0 aliphatic carbocycles. The molecule has 0 bridgehead atoms. The Morgan fingerprint density at radius 1 is 1.17 bits per heavy atom. The molecule has 0 atom stereocenters. The molecule has 0 fully saturated rings. The Bertz CT molecular complexity index is 1080. The van der Waals surface area contributed by atoms with Gasteiger partial charge in [-0.25, -0.2) is 9.97 Å². The van der Waals surface area contributed by atoms with Gasteiger partial charge in [-0.15, -0.1) is 0 Å². The Hall–Kier alpha value is -2.84. The maximum atomic E-state index is 12.7. The predicted octanol–water partition coefficient (Wildman–Crippen LogP) is 2.05. The average molecular weight is 397 g/mol. The molecule has 3 heterocycles. The van der Waals surface area contributed by atoms with E-state index in [0.29, 0.717) is 34.7 Å². The number of nitrogens with zero attached hydrogens (tertiary/aromatic N) is 4. The van der Waals surface area contributed by atoms with Gasteiger partial charge >= 0.3 is 0 Å². The van der Waals surface area contributed by atoms with E-state index in [4.69, 9.17) is 0 Å². The van der Waals surface area contributed by atoms with Crippen molar-refractivity contribution in [2.75, 3.05) is 18.5 Å². The van der Waals surface area contributed by atoms with Gasteiger partial charge in [-0.3, -0.25) is 9.78 Å². The molecule has 3 aromatic rings. The summed E-state index contributed by atoms with van der Waals surface area (Å²) in [7, 11) is 1.64. The first-order valence-corrected chi connectivity index (χ1v) is 9.42. The van der Waals surface area contributed by atoms with Crippen molar-refractivity contribution < 1.29 is 10.2 Å². The second-order valence-electron chi connectivity index (χ2n) is 8.58. The quantitative estimate of drug-likeness (QED) is 0.583. The smallest absolute Gasteiger partial charge is 0.264 e. The van der Waals surface area contributed by atoms with Crippen molar-refractivity contribution in [3.8, 4) is 11.3 Å². The highest BCUT2D eigenvalue weighted by atomic mass is 16.3. The molecule has 3 rings (SSSR count). The zero-order valence-corrected chi connectivity index (χ0v) is 17.4. The summed E-state index contributed by atoms with van der Waals surface area (Å²) >= 11 is 0. The fourth-order valence-corrected chi connectivity index (χ4v) is 2.78. The first kappa shape index (κ1) is 20.9. The van der Waals surface area contributed by atoms with Crippen LogP contribution < -0.4 is 10.9 Å². The predicted molar refractivity (Wildman–Crippen MR) is 113 cm³/mol. The van der Waals surface area contributed by atoms with Gasteiger partial charge in [0.05, 0.1) is 23.2 Å². The lowest BCUT2D eigenvalue weighted by Gasteiger charge is -2.23. The van der Waals surface area contributed by atoms with Crippen LogP contribution in [0.25, 0.3) is 22.2 Å². The number of hydrogen-bond donors (Lipinski definition) is 3. The molecule has 29 heavy (non-hydrogen) atoms. The molecule has 0 aliphatic heterocycles. The van der Waals surface area contributed by atoms with Gasteiger partial charge in [-0.2, -0.15) is 0 Å². The van der Waals surface area contributed by atoms with Gasteiger partial charge in [-0.1, -0.05) is 13.8 Å². The summed E-state index contributed by atoms with van der Waals surface area (Å²) in [5.41, 5.74) is 0.808. The Morgan fingerprint density at radius 3 is 2.48 bits per heavy atom. The molecule has 0 spiro atoms. The number of hydrogen-bond acceptors (Lipinski definition) is 7. The maximum Gasteiger partial charge on any atom is 0.264 e. The van der Waals surface area contributed by atoms with E-state index in [1.54, 1.807) is 39.2 Å². The van der Waals surface area contributed by atoms with Gasteiger partial charge in [0.25, 0.3) is 5.56 Å². The molecule has 0 amide bonds. The van der Waals surface area contributed by atoms with Crippen molar-refractivity contribution in [2.24, 2.45) is 12.5 Å². The third kappa shape index (κ3) is 4.44. The van der Waals surface area contributed by atoms with E-state index in [0.717, 1.165) is 5.56 Å². The van der Waals surface area contributed by atoms with E-state index >= 15 is 0 Å². The minimum Gasteiger partial charge on any atom is -0.396 e. The van der Waals surface area contributed by atoms with Gasteiger partial charge in [0, 0.05) is 37.4 Å². The lowest BCUT2D eigenvalue weighted by atomic mass is 9.95. The molecule has 0 saturated carbocycles. The summed E-state index contributed by atoms with van der Waals surface area (Å²) in [5, 5.41) is 23.3. The van der Waals surface area contributed by atoms with Crippen molar-refractivity contribution in [1.29, 1.82) is 0 Å². The molecule has 8 nitrogen and oxygen atoms in total. The fourth-order valence-electron chi connectivity index (χ4n) is 2.78. The second-order valence-corrected chi connectivity index (χ2v) is 8.58. The Kier molecular flexibility index (Phi) is 5.42. The zero-order chi connectivity index (χ0) is 21.4. The topological polar surface area (TPSA) is 113 Å². The standard InChI is InChI=1S/C21H27N5O3/c1-20(2,11-27)10-23-18-17-15(24-12-26(5)19(17)28)8-14(25-18)13-6-7-16(22-9-13)21(3,4)29/h6-9,12,27,29H,10-11H2,1-5H3,(H,23,25). The summed E-state index contributed by atoms with van der Waals surface area (Å²) in [5.74, 6) is 0.416. The molecular weight excluding hydrogens is 370 g/mol. The SMILES string of the molecule is Cn1cnc2cc(-c3ccc(C(C)(C)O)nc3)nc(NCC(C)(C)CO)c2c1=O. The van der Waals surface area contributed by atoms with E-state index in [1.807, 2.05) is 19.9 Å². The van der Waals surface area contributed by atoms with Gasteiger partial charge in [-0.05, 0) is 32.0 Å². The molecular formula is C21H27N5O3. The van der Waals surface area contributed by atoms with E-state index in [1.165, 1.54) is 10.9 Å². The van der Waals surface area contributed by atoms with Crippen molar-refractivity contribution in [3.05, 3.63) is 46.8 Å². The molecule has 0 aliphatic rings. The highest BCUT2D eigenvalue weighted by Gasteiger charge is 2.20. The fraction of sp³-hybridized carbons (Fsp3) is 0.429. The Morgan fingerprint density at radius 2 is 1.90 bits per heavy atom. The van der Waals surface area contributed by atoms with Crippen LogP contribution in [0.1, 0.15) is 33.4 Å². The van der Waals surface area contributed by atoms with E-state index in [2.05, 4.69) is 20.3 Å². The minimum atomic E-state index is -1.04. The number of aromatic nitrogens is 4. The molecule has 0 aromatic carbocycles. The number of anilines is 1. The minimum absolute atomic E-state index is 0.00376. The van der Waals surface area contributed by atoms with E-state index in [-0.39, 0.29) is 17.6 Å².